The van der Waals surface area contributed by atoms with E-state index in [-0.39, 0.29) is 12.0 Å². The van der Waals surface area contributed by atoms with Crippen LogP contribution in [0, 0.1) is 5.92 Å². The maximum atomic E-state index is 12.4. The third kappa shape index (κ3) is 4.17. The largest absolute Gasteiger partial charge is 0.485 e. The highest BCUT2D eigenvalue weighted by molar-refractivity contribution is 5.76. The summed E-state index contributed by atoms with van der Waals surface area (Å²) in [4.78, 5) is 20.6. The van der Waals surface area contributed by atoms with E-state index in [1.165, 1.54) is 0 Å². The highest BCUT2D eigenvalue weighted by Gasteiger charge is 2.29. The lowest BCUT2D eigenvalue weighted by atomic mass is 10.0. The van der Waals surface area contributed by atoms with Gasteiger partial charge < -0.3 is 19.3 Å². The third-order valence-corrected chi connectivity index (χ3v) is 4.76. The van der Waals surface area contributed by atoms with Crippen molar-refractivity contribution in [2.24, 2.45) is 5.92 Å². The van der Waals surface area contributed by atoms with Gasteiger partial charge in [-0.05, 0) is 30.9 Å². The van der Waals surface area contributed by atoms with Gasteiger partial charge >= 0.3 is 0 Å². The van der Waals surface area contributed by atoms with Gasteiger partial charge in [-0.2, -0.15) is 0 Å². The second-order valence-electron chi connectivity index (χ2n) is 6.86. The summed E-state index contributed by atoms with van der Waals surface area (Å²) in [7, 11) is 3.90. The molecule has 3 rings (SSSR count). The molecule has 0 unspecified atom stereocenters. The molecule has 2 atom stereocenters. The standard InChI is InChI=1S/C18H27N3O3/c1-20(2)18-16(4-3-9-19-18)24-15-7-10-21(12-15)17(22)6-5-14-8-11-23-13-14/h3-4,9,14-15H,5-8,10-13H2,1-2H3/t14-,15-/m1/s1. The SMILES string of the molecule is CN(C)c1ncccc1O[C@@H]1CCN(C(=O)CC[C@@H]2CCOC2)C1. The summed E-state index contributed by atoms with van der Waals surface area (Å²) in [6.45, 7) is 3.11. The maximum Gasteiger partial charge on any atom is 0.222 e. The van der Waals surface area contributed by atoms with Gasteiger partial charge in [0.05, 0.1) is 6.54 Å². The molecule has 6 heteroatoms. The molecule has 2 aliphatic rings. The van der Waals surface area contributed by atoms with Gasteiger partial charge in [0, 0.05) is 52.9 Å². The Morgan fingerprint density at radius 3 is 3.08 bits per heavy atom. The molecule has 0 spiro atoms. The molecule has 2 aliphatic heterocycles. The van der Waals surface area contributed by atoms with Gasteiger partial charge in [0.2, 0.25) is 5.91 Å². The second kappa shape index (κ2) is 7.83. The zero-order valence-corrected chi connectivity index (χ0v) is 14.6. The Morgan fingerprint density at radius 2 is 2.33 bits per heavy atom. The fourth-order valence-corrected chi connectivity index (χ4v) is 3.34. The summed E-state index contributed by atoms with van der Waals surface area (Å²) < 4.78 is 11.5. The fraction of sp³-hybridized carbons (Fsp3) is 0.667. The number of anilines is 1. The van der Waals surface area contributed by atoms with E-state index in [9.17, 15) is 4.79 Å². The third-order valence-electron chi connectivity index (χ3n) is 4.76. The number of likely N-dealkylation sites (tertiary alicyclic amines) is 1. The van der Waals surface area contributed by atoms with Crippen molar-refractivity contribution in [2.45, 2.75) is 31.8 Å². The highest BCUT2D eigenvalue weighted by atomic mass is 16.5. The fourth-order valence-electron chi connectivity index (χ4n) is 3.34. The van der Waals surface area contributed by atoms with Crippen LogP contribution in [0.25, 0.3) is 0 Å². The number of amides is 1. The van der Waals surface area contributed by atoms with Gasteiger partial charge in [-0.15, -0.1) is 0 Å². The van der Waals surface area contributed by atoms with Crippen molar-refractivity contribution in [3.8, 4) is 5.75 Å². The van der Waals surface area contributed by atoms with Gasteiger partial charge in [0.15, 0.2) is 11.6 Å². The first-order chi connectivity index (χ1) is 11.6. The van der Waals surface area contributed by atoms with Crippen molar-refractivity contribution < 1.29 is 14.3 Å². The maximum absolute atomic E-state index is 12.4. The van der Waals surface area contributed by atoms with Crippen LogP contribution in [-0.2, 0) is 9.53 Å². The van der Waals surface area contributed by atoms with Crippen LogP contribution in [0.2, 0.25) is 0 Å². The molecule has 132 valence electrons. The molecule has 1 aromatic rings. The van der Waals surface area contributed by atoms with Crippen molar-refractivity contribution in [2.75, 3.05) is 45.3 Å². The van der Waals surface area contributed by atoms with Crippen molar-refractivity contribution in [1.29, 1.82) is 0 Å². The first-order valence-electron chi connectivity index (χ1n) is 8.78. The van der Waals surface area contributed by atoms with Crippen LogP contribution in [0.15, 0.2) is 18.3 Å². The van der Waals surface area contributed by atoms with Crippen LogP contribution in [0.1, 0.15) is 25.7 Å². The van der Waals surface area contributed by atoms with E-state index in [0.29, 0.717) is 18.9 Å². The average molecular weight is 333 g/mol. The van der Waals surface area contributed by atoms with E-state index in [1.54, 1.807) is 6.20 Å². The Bertz CT molecular complexity index is 558. The summed E-state index contributed by atoms with van der Waals surface area (Å²) in [5.74, 6) is 2.40. The molecule has 0 N–H and O–H groups in total. The summed E-state index contributed by atoms with van der Waals surface area (Å²) in [5, 5.41) is 0. The Balaban J connectivity index is 1.49. The molecule has 0 bridgehead atoms. The first-order valence-corrected chi connectivity index (χ1v) is 8.78. The van der Waals surface area contributed by atoms with Gasteiger partial charge in [-0.3, -0.25) is 4.79 Å². The van der Waals surface area contributed by atoms with Crippen molar-refractivity contribution in [1.82, 2.24) is 9.88 Å². The smallest absolute Gasteiger partial charge is 0.222 e. The molecule has 0 aliphatic carbocycles. The van der Waals surface area contributed by atoms with Gasteiger partial charge in [-0.1, -0.05) is 0 Å². The lowest BCUT2D eigenvalue weighted by Gasteiger charge is -2.20. The van der Waals surface area contributed by atoms with Crippen LogP contribution in [-0.4, -0.2) is 62.3 Å². The van der Waals surface area contributed by atoms with Crippen LogP contribution >= 0.6 is 0 Å². The van der Waals surface area contributed by atoms with Crippen molar-refractivity contribution >= 4 is 11.7 Å². The molecule has 2 saturated heterocycles. The Labute approximate surface area is 143 Å². The molecule has 2 fully saturated rings. The molecule has 0 radical (unpaired) electrons. The van der Waals surface area contributed by atoms with Gasteiger partial charge in [0.1, 0.15) is 6.10 Å². The summed E-state index contributed by atoms with van der Waals surface area (Å²) in [5.41, 5.74) is 0. The number of hydrogen-bond acceptors (Lipinski definition) is 5. The van der Waals surface area contributed by atoms with Crippen LogP contribution in [0.4, 0.5) is 5.82 Å². The van der Waals surface area contributed by atoms with E-state index >= 15 is 0 Å². The minimum atomic E-state index is 0.0478. The van der Waals surface area contributed by atoms with Crippen LogP contribution in [0.5, 0.6) is 5.75 Å². The van der Waals surface area contributed by atoms with Crippen LogP contribution < -0.4 is 9.64 Å². The lowest BCUT2D eigenvalue weighted by molar-refractivity contribution is -0.130. The van der Waals surface area contributed by atoms with E-state index in [4.69, 9.17) is 9.47 Å². The number of nitrogens with zero attached hydrogens (tertiary/aromatic N) is 3. The normalized spacial score (nSPS) is 23.5. The zero-order chi connectivity index (χ0) is 16.9. The molecule has 24 heavy (non-hydrogen) atoms. The minimum absolute atomic E-state index is 0.0478. The zero-order valence-electron chi connectivity index (χ0n) is 14.6. The predicted molar refractivity (Wildman–Crippen MR) is 92.3 cm³/mol. The minimum Gasteiger partial charge on any atom is -0.485 e. The predicted octanol–water partition coefficient (Wildman–Crippen LogP) is 1.94. The van der Waals surface area contributed by atoms with E-state index in [2.05, 4.69) is 4.98 Å². The summed E-state index contributed by atoms with van der Waals surface area (Å²) >= 11 is 0. The molecule has 0 aromatic carbocycles. The average Bonchev–Trinajstić information content (AvgIpc) is 3.24. The highest BCUT2D eigenvalue weighted by Crippen LogP contribution is 2.27. The number of aromatic nitrogens is 1. The molecule has 3 heterocycles. The monoisotopic (exact) mass is 333 g/mol. The topological polar surface area (TPSA) is 54.9 Å². The molecule has 1 amide bonds. The molecule has 1 aromatic heterocycles. The molecular weight excluding hydrogens is 306 g/mol. The summed E-state index contributed by atoms with van der Waals surface area (Å²) in [6, 6.07) is 3.82. The van der Waals surface area contributed by atoms with E-state index in [0.717, 1.165) is 50.6 Å². The van der Waals surface area contributed by atoms with Crippen molar-refractivity contribution in [3.63, 3.8) is 0 Å². The summed E-state index contributed by atoms with van der Waals surface area (Å²) in [6.07, 6.45) is 5.34. The van der Waals surface area contributed by atoms with Gasteiger partial charge in [0.25, 0.3) is 0 Å². The number of ether oxygens (including phenoxy) is 2. The van der Waals surface area contributed by atoms with E-state index < -0.39 is 0 Å². The number of hydrogen-bond donors (Lipinski definition) is 0. The molecule has 6 nitrogen and oxygen atoms in total. The molecule has 0 saturated carbocycles. The number of pyridine rings is 1. The van der Waals surface area contributed by atoms with Gasteiger partial charge in [-0.25, -0.2) is 4.98 Å². The van der Waals surface area contributed by atoms with Crippen molar-refractivity contribution in [3.05, 3.63) is 18.3 Å². The first kappa shape index (κ1) is 17.0. The van der Waals surface area contributed by atoms with Crippen LogP contribution in [0.3, 0.4) is 0 Å². The Morgan fingerprint density at radius 1 is 1.46 bits per heavy atom. The van der Waals surface area contributed by atoms with E-state index in [1.807, 2.05) is 36.0 Å². The number of rotatable bonds is 6. The lowest BCUT2D eigenvalue weighted by Crippen LogP contribution is -2.31. The number of carbonyl (C=O) groups is 1. The number of carbonyl (C=O) groups excluding carboxylic acids is 1. The second-order valence-corrected chi connectivity index (χ2v) is 6.86. The molecular formula is C18H27N3O3. The quantitative estimate of drug-likeness (QED) is 0.796. The Hall–Kier alpha value is -1.82. The Kier molecular flexibility index (Phi) is 5.56.